The maximum atomic E-state index is 11.0. The van der Waals surface area contributed by atoms with Gasteiger partial charge in [-0.15, -0.1) is 0 Å². The summed E-state index contributed by atoms with van der Waals surface area (Å²) in [6, 6.07) is 14.7. The van der Waals surface area contributed by atoms with Gasteiger partial charge in [-0.3, -0.25) is 9.59 Å². The molecule has 0 heterocycles. The SMILES string of the molecule is O=Cc1ccc(-c2ccccc2)c(C=O)c1. The summed E-state index contributed by atoms with van der Waals surface area (Å²) in [5.74, 6) is 0. The summed E-state index contributed by atoms with van der Waals surface area (Å²) in [6.07, 6.45) is 1.51. The van der Waals surface area contributed by atoms with Gasteiger partial charge in [-0.1, -0.05) is 42.5 Å². The number of benzene rings is 2. The average Bonchev–Trinajstić information content (AvgIpc) is 2.39. The van der Waals surface area contributed by atoms with Crippen LogP contribution in [0, 0.1) is 0 Å². The third kappa shape index (κ3) is 1.91. The summed E-state index contributed by atoms with van der Waals surface area (Å²) in [4.78, 5) is 21.6. The van der Waals surface area contributed by atoms with Crippen molar-refractivity contribution < 1.29 is 9.59 Å². The summed E-state index contributed by atoms with van der Waals surface area (Å²) >= 11 is 0. The molecule has 0 bridgehead atoms. The Labute approximate surface area is 93.5 Å². The second-order valence-corrected chi connectivity index (χ2v) is 3.45. The molecule has 0 fully saturated rings. The van der Waals surface area contributed by atoms with Crippen molar-refractivity contribution in [1.29, 1.82) is 0 Å². The summed E-state index contributed by atoms with van der Waals surface area (Å²) in [6.45, 7) is 0. The molecule has 16 heavy (non-hydrogen) atoms. The summed E-state index contributed by atoms with van der Waals surface area (Å²) in [5, 5.41) is 0. The van der Waals surface area contributed by atoms with Crippen LogP contribution >= 0.6 is 0 Å². The highest BCUT2D eigenvalue weighted by atomic mass is 16.1. The zero-order valence-electron chi connectivity index (χ0n) is 8.59. The molecule has 2 heteroatoms. The Hall–Kier alpha value is -2.22. The summed E-state index contributed by atoms with van der Waals surface area (Å²) < 4.78 is 0. The second-order valence-electron chi connectivity index (χ2n) is 3.45. The van der Waals surface area contributed by atoms with Crippen molar-refractivity contribution in [3.8, 4) is 11.1 Å². The molecule has 0 aliphatic rings. The number of carbonyl (C=O) groups excluding carboxylic acids is 2. The van der Waals surface area contributed by atoms with Gasteiger partial charge in [0.1, 0.15) is 6.29 Å². The molecule has 0 saturated carbocycles. The minimum absolute atomic E-state index is 0.516. The van der Waals surface area contributed by atoms with Crippen LogP contribution in [-0.4, -0.2) is 12.6 Å². The number of hydrogen-bond donors (Lipinski definition) is 0. The lowest BCUT2D eigenvalue weighted by Gasteiger charge is -2.05. The van der Waals surface area contributed by atoms with E-state index >= 15 is 0 Å². The number of aldehydes is 2. The van der Waals surface area contributed by atoms with E-state index in [1.54, 1.807) is 18.2 Å². The van der Waals surface area contributed by atoms with Gasteiger partial charge in [0, 0.05) is 11.1 Å². The van der Waals surface area contributed by atoms with Gasteiger partial charge in [0.15, 0.2) is 6.29 Å². The topological polar surface area (TPSA) is 34.1 Å². The van der Waals surface area contributed by atoms with E-state index in [0.29, 0.717) is 11.1 Å². The lowest BCUT2D eigenvalue weighted by Crippen LogP contribution is -1.90. The Morgan fingerprint density at radius 3 is 2.19 bits per heavy atom. The largest absolute Gasteiger partial charge is 0.298 e. The molecule has 0 aliphatic carbocycles. The number of rotatable bonds is 3. The van der Waals surface area contributed by atoms with E-state index in [-0.39, 0.29) is 0 Å². The van der Waals surface area contributed by atoms with Crippen molar-refractivity contribution in [2.24, 2.45) is 0 Å². The standard InChI is InChI=1S/C14H10O2/c15-9-11-6-7-14(13(8-11)10-16)12-4-2-1-3-5-12/h1-10H. The summed E-state index contributed by atoms with van der Waals surface area (Å²) in [7, 11) is 0. The Balaban J connectivity index is 2.57. The average molecular weight is 210 g/mol. The predicted molar refractivity (Wildman–Crippen MR) is 62.7 cm³/mol. The van der Waals surface area contributed by atoms with Crippen LogP contribution in [0.25, 0.3) is 11.1 Å². The van der Waals surface area contributed by atoms with Crippen LogP contribution in [0.15, 0.2) is 48.5 Å². The highest BCUT2D eigenvalue weighted by molar-refractivity contribution is 5.90. The minimum Gasteiger partial charge on any atom is -0.298 e. The molecule has 2 rings (SSSR count). The Kier molecular flexibility index (Phi) is 2.92. The predicted octanol–water partition coefficient (Wildman–Crippen LogP) is 2.98. The lowest BCUT2D eigenvalue weighted by molar-refractivity contribution is 0.112. The van der Waals surface area contributed by atoms with E-state index in [2.05, 4.69) is 0 Å². The van der Waals surface area contributed by atoms with Crippen molar-refractivity contribution >= 4 is 12.6 Å². The van der Waals surface area contributed by atoms with Crippen LogP contribution in [0.3, 0.4) is 0 Å². The van der Waals surface area contributed by atoms with E-state index in [4.69, 9.17) is 0 Å². The molecular formula is C14H10O2. The van der Waals surface area contributed by atoms with Gasteiger partial charge in [0.05, 0.1) is 0 Å². The fraction of sp³-hybridized carbons (Fsp3) is 0. The highest BCUT2D eigenvalue weighted by Crippen LogP contribution is 2.22. The van der Waals surface area contributed by atoms with Gasteiger partial charge in [-0.25, -0.2) is 0 Å². The van der Waals surface area contributed by atoms with Crippen LogP contribution in [0.5, 0.6) is 0 Å². The Bertz CT molecular complexity index is 516. The lowest BCUT2D eigenvalue weighted by atomic mass is 9.98. The van der Waals surface area contributed by atoms with E-state index in [1.165, 1.54) is 0 Å². The molecule has 2 aromatic rings. The van der Waals surface area contributed by atoms with Gasteiger partial charge in [-0.2, -0.15) is 0 Å². The quantitative estimate of drug-likeness (QED) is 0.730. The van der Waals surface area contributed by atoms with Gasteiger partial charge in [0.2, 0.25) is 0 Å². The number of carbonyl (C=O) groups is 2. The Morgan fingerprint density at radius 2 is 1.56 bits per heavy atom. The molecule has 0 atom stereocenters. The first-order chi connectivity index (χ1) is 7.85. The molecular weight excluding hydrogens is 200 g/mol. The van der Waals surface area contributed by atoms with Gasteiger partial charge in [-0.05, 0) is 17.2 Å². The highest BCUT2D eigenvalue weighted by Gasteiger charge is 2.04. The van der Waals surface area contributed by atoms with Crippen molar-refractivity contribution in [3.05, 3.63) is 59.7 Å². The van der Waals surface area contributed by atoms with Crippen LogP contribution in [0.1, 0.15) is 20.7 Å². The first-order valence-electron chi connectivity index (χ1n) is 4.95. The molecule has 0 amide bonds. The molecule has 2 aromatic carbocycles. The molecule has 0 N–H and O–H groups in total. The van der Waals surface area contributed by atoms with Crippen molar-refractivity contribution in [3.63, 3.8) is 0 Å². The van der Waals surface area contributed by atoms with E-state index < -0.39 is 0 Å². The molecule has 0 spiro atoms. The fourth-order valence-electron chi connectivity index (χ4n) is 1.63. The zero-order chi connectivity index (χ0) is 11.4. The van der Waals surface area contributed by atoms with E-state index in [0.717, 1.165) is 23.7 Å². The number of hydrogen-bond acceptors (Lipinski definition) is 2. The van der Waals surface area contributed by atoms with E-state index in [9.17, 15) is 9.59 Å². The van der Waals surface area contributed by atoms with Crippen molar-refractivity contribution in [2.45, 2.75) is 0 Å². The van der Waals surface area contributed by atoms with Gasteiger partial charge < -0.3 is 0 Å². The maximum absolute atomic E-state index is 11.0. The first-order valence-corrected chi connectivity index (χ1v) is 4.95. The molecule has 0 saturated heterocycles. The van der Waals surface area contributed by atoms with Gasteiger partial charge in [0.25, 0.3) is 0 Å². The van der Waals surface area contributed by atoms with Gasteiger partial charge >= 0.3 is 0 Å². The fourth-order valence-corrected chi connectivity index (χ4v) is 1.63. The summed E-state index contributed by atoms with van der Waals surface area (Å²) in [5.41, 5.74) is 2.88. The molecule has 0 unspecified atom stereocenters. The van der Waals surface area contributed by atoms with Crippen molar-refractivity contribution in [2.75, 3.05) is 0 Å². The maximum Gasteiger partial charge on any atom is 0.150 e. The third-order valence-corrected chi connectivity index (χ3v) is 2.42. The monoisotopic (exact) mass is 210 g/mol. The van der Waals surface area contributed by atoms with Crippen LogP contribution in [0.4, 0.5) is 0 Å². The normalized spacial score (nSPS) is 9.75. The molecule has 0 aromatic heterocycles. The second kappa shape index (κ2) is 4.53. The smallest absolute Gasteiger partial charge is 0.150 e. The molecule has 0 aliphatic heterocycles. The van der Waals surface area contributed by atoms with Crippen LogP contribution < -0.4 is 0 Å². The molecule has 2 nitrogen and oxygen atoms in total. The Morgan fingerprint density at radius 1 is 0.812 bits per heavy atom. The van der Waals surface area contributed by atoms with Crippen molar-refractivity contribution in [1.82, 2.24) is 0 Å². The van der Waals surface area contributed by atoms with Crippen LogP contribution in [0.2, 0.25) is 0 Å². The zero-order valence-corrected chi connectivity index (χ0v) is 8.59. The first kappa shape index (κ1) is 10.3. The minimum atomic E-state index is 0.516. The van der Waals surface area contributed by atoms with E-state index in [1.807, 2.05) is 30.3 Å². The van der Waals surface area contributed by atoms with Crippen LogP contribution in [-0.2, 0) is 0 Å². The third-order valence-electron chi connectivity index (χ3n) is 2.42. The molecule has 78 valence electrons. The molecule has 0 radical (unpaired) electrons.